The summed E-state index contributed by atoms with van der Waals surface area (Å²) in [4.78, 5) is 14.8. The maximum Gasteiger partial charge on any atom is 0.257 e. The molecule has 0 aromatic heterocycles. The second kappa shape index (κ2) is 5.91. The molecule has 1 aliphatic heterocycles. The van der Waals surface area contributed by atoms with Gasteiger partial charge in [-0.05, 0) is 31.0 Å². The quantitative estimate of drug-likeness (QED) is 0.883. The molecule has 0 radical (unpaired) electrons. The number of benzene rings is 2. The minimum atomic E-state index is -1.44. The number of amides is 1. The van der Waals surface area contributed by atoms with E-state index >= 15 is 0 Å². The largest absolute Gasteiger partial charge is 0.363 e. The normalized spacial score (nSPS) is 24.2. The van der Waals surface area contributed by atoms with Crippen molar-refractivity contribution >= 4 is 17.5 Å². The van der Waals surface area contributed by atoms with E-state index in [4.69, 9.17) is 11.6 Å². The van der Waals surface area contributed by atoms with Crippen LogP contribution in [-0.2, 0) is 5.72 Å². The highest BCUT2D eigenvalue weighted by Gasteiger charge is 2.52. The molecule has 124 valence electrons. The number of nitrogens with zero attached hydrogens (tertiary/aromatic N) is 1. The van der Waals surface area contributed by atoms with Gasteiger partial charge in [-0.2, -0.15) is 0 Å². The number of halogens is 1. The average Bonchev–Trinajstić information content (AvgIpc) is 2.85. The SMILES string of the molecule is O=C1c2ccccc2C(O)(c2cccc(Cl)c2)N1C1CCCCC1. The highest BCUT2D eigenvalue weighted by Crippen LogP contribution is 2.45. The molecule has 24 heavy (non-hydrogen) atoms. The molecule has 1 fully saturated rings. The Bertz CT molecular complexity index is 785. The maximum absolute atomic E-state index is 13.1. The van der Waals surface area contributed by atoms with Crippen LogP contribution in [0, 0.1) is 0 Å². The monoisotopic (exact) mass is 341 g/mol. The summed E-state index contributed by atoms with van der Waals surface area (Å²) in [5.74, 6) is -0.0834. The van der Waals surface area contributed by atoms with E-state index < -0.39 is 5.72 Å². The third-order valence-electron chi connectivity index (χ3n) is 5.27. The highest BCUT2D eigenvalue weighted by molar-refractivity contribution is 6.30. The molecule has 3 nitrogen and oxygen atoms in total. The summed E-state index contributed by atoms with van der Waals surface area (Å²) < 4.78 is 0. The van der Waals surface area contributed by atoms with Gasteiger partial charge in [0.1, 0.15) is 0 Å². The fourth-order valence-electron chi connectivity index (χ4n) is 4.15. The van der Waals surface area contributed by atoms with E-state index in [0.717, 1.165) is 25.7 Å². The van der Waals surface area contributed by atoms with Crippen LogP contribution in [0.15, 0.2) is 48.5 Å². The maximum atomic E-state index is 13.1. The molecule has 1 saturated carbocycles. The van der Waals surface area contributed by atoms with Gasteiger partial charge in [0, 0.05) is 27.8 Å². The van der Waals surface area contributed by atoms with Crippen molar-refractivity contribution in [2.45, 2.75) is 43.9 Å². The summed E-state index contributed by atoms with van der Waals surface area (Å²) in [7, 11) is 0. The molecule has 1 amide bonds. The zero-order valence-corrected chi connectivity index (χ0v) is 14.2. The van der Waals surface area contributed by atoms with Crippen LogP contribution >= 0.6 is 11.6 Å². The van der Waals surface area contributed by atoms with Crippen LogP contribution in [0.3, 0.4) is 0 Å². The molecule has 2 aliphatic rings. The Morgan fingerprint density at radius 1 is 1.04 bits per heavy atom. The molecule has 1 N–H and O–H groups in total. The van der Waals surface area contributed by atoms with Crippen molar-refractivity contribution < 1.29 is 9.90 Å². The smallest absolute Gasteiger partial charge is 0.257 e. The number of rotatable bonds is 2. The van der Waals surface area contributed by atoms with E-state index in [9.17, 15) is 9.90 Å². The minimum absolute atomic E-state index is 0.0580. The van der Waals surface area contributed by atoms with Gasteiger partial charge in [0.25, 0.3) is 5.91 Å². The van der Waals surface area contributed by atoms with Gasteiger partial charge in [-0.15, -0.1) is 0 Å². The van der Waals surface area contributed by atoms with Gasteiger partial charge in [0.15, 0.2) is 5.72 Å². The molecule has 0 bridgehead atoms. The zero-order valence-electron chi connectivity index (χ0n) is 13.4. The Morgan fingerprint density at radius 2 is 1.79 bits per heavy atom. The van der Waals surface area contributed by atoms with E-state index in [-0.39, 0.29) is 11.9 Å². The molecular weight excluding hydrogens is 322 g/mol. The first-order valence-corrected chi connectivity index (χ1v) is 8.92. The fourth-order valence-corrected chi connectivity index (χ4v) is 4.34. The van der Waals surface area contributed by atoms with Gasteiger partial charge >= 0.3 is 0 Å². The number of hydrogen-bond acceptors (Lipinski definition) is 2. The summed E-state index contributed by atoms with van der Waals surface area (Å²) in [5, 5.41) is 12.3. The van der Waals surface area contributed by atoms with Crippen LogP contribution in [0.4, 0.5) is 0 Å². The molecule has 4 heteroatoms. The van der Waals surface area contributed by atoms with Crippen LogP contribution in [-0.4, -0.2) is 22.0 Å². The lowest BCUT2D eigenvalue weighted by Gasteiger charge is -2.41. The molecule has 0 saturated heterocycles. The van der Waals surface area contributed by atoms with Crippen molar-refractivity contribution in [3.63, 3.8) is 0 Å². The van der Waals surface area contributed by atoms with Crippen LogP contribution in [0.25, 0.3) is 0 Å². The fraction of sp³-hybridized carbons (Fsp3) is 0.350. The van der Waals surface area contributed by atoms with Gasteiger partial charge in [-0.3, -0.25) is 9.69 Å². The van der Waals surface area contributed by atoms with Crippen LogP contribution in [0.2, 0.25) is 5.02 Å². The van der Waals surface area contributed by atoms with Gasteiger partial charge in [-0.25, -0.2) is 0 Å². The van der Waals surface area contributed by atoms with Crippen LogP contribution < -0.4 is 0 Å². The summed E-state index contributed by atoms with van der Waals surface area (Å²) in [6.45, 7) is 0. The Labute approximate surface area is 146 Å². The minimum Gasteiger partial charge on any atom is -0.363 e. The summed E-state index contributed by atoms with van der Waals surface area (Å²) >= 11 is 6.17. The van der Waals surface area contributed by atoms with Gasteiger partial charge in [0.05, 0.1) is 0 Å². The van der Waals surface area contributed by atoms with Crippen molar-refractivity contribution in [3.8, 4) is 0 Å². The van der Waals surface area contributed by atoms with Gasteiger partial charge in [-0.1, -0.05) is 61.2 Å². The molecule has 2 aromatic carbocycles. The molecule has 1 atom stereocenters. The molecule has 1 aliphatic carbocycles. The van der Waals surface area contributed by atoms with Crippen molar-refractivity contribution in [1.29, 1.82) is 0 Å². The Morgan fingerprint density at radius 3 is 2.54 bits per heavy atom. The number of carbonyl (C=O) groups is 1. The number of carbonyl (C=O) groups excluding carboxylic acids is 1. The third-order valence-corrected chi connectivity index (χ3v) is 5.50. The van der Waals surface area contributed by atoms with Crippen LogP contribution in [0.1, 0.15) is 53.6 Å². The standard InChI is InChI=1S/C20H20ClNO2/c21-15-8-6-7-14(13-15)20(24)18-12-5-4-11-17(18)19(23)22(20)16-9-2-1-3-10-16/h4-8,11-13,16,24H,1-3,9-10H2. The summed E-state index contributed by atoms with van der Waals surface area (Å²) in [6, 6.07) is 14.6. The first-order valence-electron chi connectivity index (χ1n) is 8.54. The first-order chi connectivity index (χ1) is 11.6. The molecule has 1 heterocycles. The summed E-state index contributed by atoms with van der Waals surface area (Å²) in [5.41, 5.74) is 0.452. The molecule has 1 unspecified atom stereocenters. The lowest BCUT2D eigenvalue weighted by molar-refractivity contribution is -0.0756. The average molecular weight is 342 g/mol. The second-order valence-electron chi connectivity index (χ2n) is 6.70. The Balaban J connectivity index is 1.90. The lowest BCUT2D eigenvalue weighted by atomic mass is 9.89. The molecule has 2 aromatic rings. The van der Waals surface area contributed by atoms with Crippen molar-refractivity contribution in [2.24, 2.45) is 0 Å². The molecule has 0 spiro atoms. The van der Waals surface area contributed by atoms with Crippen LogP contribution in [0.5, 0.6) is 0 Å². The Hall–Kier alpha value is -1.84. The topological polar surface area (TPSA) is 40.5 Å². The molecule has 4 rings (SSSR count). The third kappa shape index (κ3) is 2.27. The Kier molecular flexibility index (Phi) is 3.86. The van der Waals surface area contributed by atoms with E-state index in [0.29, 0.717) is 21.7 Å². The number of aliphatic hydroxyl groups is 1. The number of hydrogen-bond donors (Lipinski definition) is 1. The van der Waals surface area contributed by atoms with Crippen molar-refractivity contribution in [3.05, 3.63) is 70.2 Å². The van der Waals surface area contributed by atoms with E-state index in [1.54, 1.807) is 23.1 Å². The second-order valence-corrected chi connectivity index (χ2v) is 7.13. The van der Waals surface area contributed by atoms with E-state index in [2.05, 4.69) is 0 Å². The molecular formula is C20H20ClNO2. The zero-order chi connectivity index (χ0) is 16.7. The van der Waals surface area contributed by atoms with E-state index in [1.165, 1.54) is 6.42 Å². The van der Waals surface area contributed by atoms with Gasteiger partial charge in [0.2, 0.25) is 0 Å². The van der Waals surface area contributed by atoms with Crippen molar-refractivity contribution in [1.82, 2.24) is 4.90 Å². The summed E-state index contributed by atoms with van der Waals surface area (Å²) in [6.07, 6.45) is 5.25. The predicted molar refractivity (Wildman–Crippen MR) is 93.9 cm³/mol. The first kappa shape index (κ1) is 15.7. The number of fused-ring (bicyclic) bond motifs is 1. The lowest BCUT2D eigenvalue weighted by Crippen LogP contribution is -2.51. The predicted octanol–water partition coefficient (Wildman–Crippen LogP) is 4.32. The van der Waals surface area contributed by atoms with Crippen molar-refractivity contribution in [2.75, 3.05) is 0 Å². The van der Waals surface area contributed by atoms with Gasteiger partial charge < -0.3 is 5.11 Å². The highest BCUT2D eigenvalue weighted by atomic mass is 35.5. The van der Waals surface area contributed by atoms with E-state index in [1.807, 2.05) is 30.3 Å².